The van der Waals surface area contributed by atoms with Crippen LogP contribution in [0.25, 0.3) is 11.1 Å². The number of nitrogens with zero attached hydrogens (tertiary/aromatic N) is 1. The molecule has 0 bridgehead atoms. The highest BCUT2D eigenvalue weighted by Gasteiger charge is 2.14. The molecule has 0 amide bonds. The van der Waals surface area contributed by atoms with Crippen molar-refractivity contribution in [1.82, 2.24) is 0 Å². The fraction of sp³-hybridized carbons (Fsp3) is 0.188. The van der Waals surface area contributed by atoms with Crippen molar-refractivity contribution < 1.29 is 9.50 Å². The predicted octanol–water partition coefficient (Wildman–Crippen LogP) is 2.83. The molecule has 0 atom stereocenters. The normalized spacial score (nSPS) is 13.9. The molecule has 2 aromatic rings. The van der Waals surface area contributed by atoms with Gasteiger partial charge in [-0.05, 0) is 35.2 Å². The monoisotopic (exact) mass is 255 g/mol. The molecule has 0 fully saturated rings. The minimum Gasteiger partial charge on any atom is -0.390 e. The van der Waals surface area contributed by atoms with E-state index in [0.717, 1.165) is 35.4 Å². The number of halogens is 1. The van der Waals surface area contributed by atoms with Gasteiger partial charge in [-0.1, -0.05) is 30.3 Å². The highest BCUT2D eigenvalue weighted by atomic mass is 19.1. The molecule has 1 N–H and O–H groups in total. The van der Waals surface area contributed by atoms with Gasteiger partial charge in [-0.3, -0.25) is 4.99 Å². The Hall–Kier alpha value is -2.00. The second-order valence-electron chi connectivity index (χ2n) is 4.62. The van der Waals surface area contributed by atoms with Gasteiger partial charge in [-0.25, -0.2) is 4.39 Å². The molecule has 2 nitrogen and oxygen atoms in total. The topological polar surface area (TPSA) is 32.6 Å². The molecule has 1 heterocycles. The lowest BCUT2D eigenvalue weighted by molar-refractivity contribution is 0.357. The Kier molecular flexibility index (Phi) is 3.13. The van der Waals surface area contributed by atoms with Gasteiger partial charge in [0.05, 0.1) is 12.3 Å². The van der Waals surface area contributed by atoms with Crippen LogP contribution in [0.3, 0.4) is 0 Å². The van der Waals surface area contributed by atoms with Crippen molar-refractivity contribution in [3.05, 3.63) is 59.4 Å². The molecule has 0 saturated heterocycles. The number of fused-ring (bicyclic) bond motifs is 1. The van der Waals surface area contributed by atoms with E-state index in [1.54, 1.807) is 12.1 Å². The van der Waals surface area contributed by atoms with Crippen molar-refractivity contribution in [1.29, 1.82) is 0 Å². The van der Waals surface area contributed by atoms with E-state index in [1.165, 1.54) is 17.7 Å². The van der Waals surface area contributed by atoms with Crippen molar-refractivity contribution in [3.8, 4) is 11.1 Å². The summed E-state index contributed by atoms with van der Waals surface area (Å²) in [6.07, 6.45) is 0.883. The lowest BCUT2D eigenvalue weighted by Gasteiger charge is -2.16. The standard InChI is InChI=1S/C16H14FNO/c17-14-4-1-11(2-5-14)12-3-6-15-13(9-12)7-8-18-16(15)10-19/h1-6,9,19H,7-8,10H2. The molecule has 0 aliphatic carbocycles. The summed E-state index contributed by atoms with van der Waals surface area (Å²) in [5.74, 6) is -0.226. The van der Waals surface area contributed by atoms with Gasteiger partial charge in [0.15, 0.2) is 0 Å². The lowest BCUT2D eigenvalue weighted by Crippen LogP contribution is -2.16. The summed E-state index contributed by atoms with van der Waals surface area (Å²) in [7, 11) is 0. The highest BCUT2D eigenvalue weighted by Crippen LogP contribution is 2.25. The Balaban J connectivity index is 2.02. The molecule has 19 heavy (non-hydrogen) atoms. The van der Waals surface area contributed by atoms with Gasteiger partial charge in [-0.2, -0.15) is 0 Å². The fourth-order valence-corrected chi connectivity index (χ4v) is 2.44. The zero-order valence-electron chi connectivity index (χ0n) is 10.4. The molecule has 3 heteroatoms. The third-order valence-electron chi connectivity index (χ3n) is 3.43. The third kappa shape index (κ3) is 2.29. The fourth-order valence-electron chi connectivity index (χ4n) is 2.44. The summed E-state index contributed by atoms with van der Waals surface area (Å²) >= 11 is 0. The number of rotatable bonds is 2. The van der Waals surface area contributed by atoms with Crippen LogP contribution in [-0.4, -0.2) is 24.0 Å². The van der Waals surface area contributed by atoms with E-state index in [-0.39, 0.29) is 12.4 Å². The van der Waals surface area contributed by atoms with Crippen molar-refractivity contribution in [3.63, 3.8) is 0 Å². The summed E-state index contributed by atoms with van der Waals surface area (Å²) in [4.78, 5) is 4.32. The Morgan fingerprint density at radius 3 is 2.53 bits per heavy atom. The molecule has 0 unspecified atom stereocenters. The summed E-state index contributed by atoms with van der Waals surface area (Å²) in [6, 6.07) is 12.6. The van der Waals surface area contributed by atoms with Crippen LogP contribution in [-0.2, 0) is 6.42 Å². The zero-order valence-corrected chi connectivity index (χ0v) is 10.4. The maximum atomic E-state index is 12.9. The van der Waals surface area contributed by atoms with E-state index >= 15 is 0 Å². The average molecular weight is 255 g/mol. The lowest BCUT2D eigenvalue weighted by atomic mass is 9.93. The van der Waals surface area contributed by atoms with Gasteiger partial charge in [0.25, 0.3) is 0 Å². The van der Waals surface area contributed by atoms with Gasteiger partial charge in [0.2, 0.25) is 0 Å². The maximum absolute atomic E-state index is 12.9. The van der Waals surface area contributed by atoms with Crippen LogP contribution in [0.4, 0.5) is 4.39 Å². The third-order valence-corrected chi connectivity index (χ3v) is 3.43. The molecule has 0 radical (unpaired) electrons. The average Bonchev–Trinajstić information content (AvgIpc) is 2.47. The Labute approximate surface area is 111 Å². The Bertz CT molecular complexity index is 632. The molecule has 96 valence electrons. The minimum atomic E-state index is -0.226. The van der Waals surface area contributed by atoms with Crippen LogP contribution in [0.1, 0.15) is 11.1 Å². The van der Waals surface area contributed by atoms with E-state index in [2.05, 4.69) is 11.1 Å². The van der Waals surface area contributed by atoms with E-state index in [4.69, 9.17) is 0 Å². The zero-order chi connectivity index (χ0) is 13.2. The van der Waals surface area contributed by atoms with Crippen molar-refractivity contribution in [2.45, 2.75) is 6.42 Å². The van der Waals surface area contributed by atoms with Crippen molar-refractivity contribution >= 4 is 5.71 Å². The number of hydrogen-bond donors (Lipinski definition) is 1. The molecule has 2 aromatic carbocycles. The minimum absolute atomic E-state index is 0.0249. The summed E-state index contributed by atoms with van der Waals surface area (Å²) in [6.45, 7) is 0.693. The first-order chi connectivity index (χ1) is 9.28. The van der Waals surface area contributed by atoms with Crippen LogP contribution in [0.15, 0.2) is 47.5 Å². The molecule has 1 aliphatic heterocycles. The van der Waals surface area contributed by atoms with Crippen LogP contribution >= 0.6 is 0 Å². The quantitative estimate of drug-likeness (QED) is 0.879. The largest absolute Gasteiger partial charge is 0.390 e. The van der Waals surface area contributed by atoms with E-state index in [9.17, 15) is 9.50 Å². The van der Waals surface area contributed by atoms with E-state index < -0.39 is 0 Å². The second kappa shape index (κ2) is 4.94. The van der Waals surface area contributed by atoms with Crippen LogP contribution in [0.5, 0.6) is 0 Å². The van der Waals surface area contributed by atoms with Gasteiger partial charge in [0.1, 0.15) is 5.82 Å². The first-order valence-electron chi connectivity index (χ1n) is 6.31. The predicted molar refractivity (Wildman–Crippen MR) is 74.0 cm³/mol. The van der Waals surface area contributed by atoms with Gasteiger partial charge in [-0.15, -0.1) is 0 Å². The van der Waals surface area contributed by atoms with E-state index in [1.807, 2.05) is 12.1 Å². The molecule has 0 spiro atoms. The van der Waals surface area contributed by atoms with Gasteiger partial charge < -0.3 is 5.11 Å². The van der Waals surface area contributed by atoms with Crippen LogP contribution < -0.4 is 0 Å². The first-order valence-corrected chi connectivity index (χ1v) is 6.31. The first kappa shape index (κ1) is 12.1. The second-order valence-corrected chi connectivity index (χ2v) is 4.62. The summed E-state index contributed by atoms with van der Waals surface area (Å²) in [5.41, 5.74) is 5.04. The smallest absolute Gasteiger partial charge is 0.123 e. The number of hydrogen-bond acceptors (Lipinski definition) is 2. The number of aliphatic imine (C=N–C) groups is 1. The number of benzene rings is 2. The highest BCUT2D eigenvalue weighted by molar-refractivity contribution is 6.03. The molecule has 1 aliphatic rings. The SMILES string of the molecule is OCC1=NCCc2cc(-c3ccc(F)cc3)ccc21. The van der Waals surface area contributed by atoms with Gasteiger partial charge >= 0.3 is 0 Å². The molecule has 3 rings (SSSR count). The maximum Gasteiger partial charge on any atom is 0.123 e. The molecular formula is C16H14FNO. The van der Waals surface area contributed by atoms with E-state index in [0.29, 0.717) is 0 Å². The Morgan fingerprint density at radius 1 is 1.05 bits per heavy atom. The molecular weight excluding hydrogens is 241 g/mol. The summed E-state index contributed by atoms with van der Waals surface area (Å²) in [5, 5.41) is 9.28. The van der Waals surface area contributed by atoms with Crippen molar-refractivity contribution in [2.24, 2.45) is 4.99 Å². The van der Waals surface area contributed by atoms with Crippen LogP contribution in [0, 0.1) is 5.82 Å². The summed E-state index contributed by atoms with van der Waals surface area (Å²) < 4.78 is 12.9. The van der Waals surface area contributed by atoms with Crippen LogP contribution in [0.2, 0.25) is 0 Å². The molecule has 0 saturated carbocycles. The Morgan fingerprint density at radius 2 is 1.79 bits per heavy atom. The molecule has 0 aromatic heterocycles. The number of aliphatic hydroxyl groups excluding tert-OH is 1. The van der Waals surface area contributed by atoms with Crippen molar-refractivity contribution in [2.75, 3.05) is 13.2 Å². The number of aliphatic hydroxyl groups is 1. The van der Waals surface area contributed by atoms with Gasteiger partial charge in [0, 0.05) is 12.1 Å².